The second kappa shape index (κ2) is 5.54. The SMILES string of the molecule is Cl.N[C@H](c1c(F)ccc(Cl)c1Cl)C1CCC1. The van der Waals surface area contributed by atoms with Crippen molar-refractivity contribution < 1.29 is 4.39 Å². The molecule has 0 saturated heterocycles. The van der Waals surface area contributed by atoms with Crippen molar-refractivity contribution in [2.75, 3.05) is 0 Å². The molecule has 90 valence electrons. The van der Waals surface area contributed by atoms with E-state index in [0.29, 0.717) is 16.5 Å². The smallest absolute Gasteiger partial charge is 0.129 e. The Morgan fingerprint density at radius 1 is 1.31 bits per heavy atom. The summed E-state index contributed by atoms with van der Waals surface area (Å²) in [4.78, 5) is 0. The molecule has 1 aliphatic rings. The molecule has 0 amide bonds. The van der Waals surface area contributed by atoms with E-state index >= 15 is 0 Å². The highest BCUT2D eigenvalue weighted by molar-refractivity contribution is 6.42. The maximum Gasteiger partial charge on any atom is 0.129 e. The molecule has 5 heteroatoms. The molecule has 0 aliphatic heterocycles. The Hall–Kier alpha value is -0.0200. The van der Waals surface area contributed by atoms with Crippen molar-refractivity contribution in [1.29, 1.82) is 0 Å². The molecule has 0 radical (unpaired) electrons. The largest absolute Gasteiger partial charge is 0.324 e. The van der Waals surface area contributed by atoms with E-state index in [0.717, 1.165) is 19.3 Å². The molecule has 1 saturated carbocycles. The Morgan fingerprint density at radius 2 is 1.94 bits per heavy atom. The van der Waals surface area contributed by atoms with Crippen LogP contribution in [0.2, 0.25) is 10.0 Å². The zero-order valence-electron chi connectivity index (χ0n) is 8.55. The first-order chi connectivity index (χ1) is 7.11. The molecule has 2 rings (SSSR count). The van der Waals surface area contributed by atoms with E-state index in [9.17, 15) is 4.39 Å². The third kappa shape index (κ3) is 2.45. The van der Waals surface area contributed by atoms with Crippen LogP contribution in [0.4, 0.5) is 4.39 Å². The zero-order chi connectivity index (χ0) is 11.0. The maximum absolute atomic E-state index is 13.6. The second-order valence-corrected chi connectivity index (χ2v) is 4.76. The molecule has 1 nitrogen and oxygen atoms in total. The fraction of sp³-hybridized carbons (Fsp3) is 0.455. The van der Waals surface area contributed by atoms with Gasteiger partial charge in [0.05, 0.1) is 10.0 Å². The minimum atomic E-state index is -0.358. The van der Waals surface area contributed by atoms with Crippen molar-refractivity contribution in [2.24, 2.45) is 11.7 Å². The number of rotatable bonds is 2. The van der Waals surface area contributed by atoms with Gasteiger partial charge in [0.1, 0.15) is 5.82 Å². The van der Waals surface area contributed by atoms with Crippen LogP contribution < -0.4 is 5.73 Å². The third-order valence-corrected chi connectivity index (χ3v) is 3.89. The fourth-order valence-corrected chi connectivity index (χ4v) is 2.33. The summed E-state index contributed by atoms with van der Waals surface area (Å²) in [6.07, 6.45) is 3.26. The van der Waals surface area contributed by atoms with Gasteiger partial charge in [0.15, 0.2) is 0 Å². The lowest BCUT2D eigenvalue weighted by molar-refractivity contribution is 0.260. The lowest BCUT2D eigenvalue weighted by Crippen LogP contribution is -2.28. The van der Waals surface area contributed by atoms with Gasteiger partial charge in [-0.3, -0.25) is 0 Å². The van der Waals surface area contributed by atoms with E-state index in [-0.39, 0.29) is 29.3 Å². The molecule has 1 aliphatic carbocycles. The number of hydrogen-bond acceptors (Lipinski definition) is 1. The van der Waals surface area contributed by atoms with Crippen LogP contribution in [0.15, 0.2) is 12.1 Å². The minimum absolute atomic E-state index is 0. The van der Waals surface area contributed by atoms with Gasteiger partial charge in [-0.25, -0.2) is 4.39 Å². The number of hydrogen-bond donors (Lipinski definition) is 1. The Balaban J connectivity index is 0.00000128. The molecule has 0 bridgehead atoms. The lowest BCUT2D eigenvalue weighted by Gasteiger charge is -2.32. The Kier molecular flexibility index (Phi) is 4.87. The molecule has 1 atom stereocenters. The van der Waals surface area contributed by atoms with Gasteiger partial charge in [0, 0.05) is 11.6 Å². The highest BCUT2D eigenvalue weighted by atomic mass is 35.5. The second-order valence-electron chi connectivity index (χ2n) is 3.97. The van der Waals surface area contributed by atoms with Gasteiger partial charge >= 0.3 is 0 Å². The molecule has 0 spiro atoms. The van der Waals surface area contributed by atoms with Crippen LogP contribution in [-0.4, -0.2) is 0 Å². The maximum atomic E-state index is 13.6. The van der Waals surface area contributed by atoms with E-state index < -0.39 is 0 Å². The van der Waals surface area contributed by atoms with Crippen molar-refractivity contribution in [3.05, 3.63) is 33.6 Å². The van der Waals surface area contributed by atoms with Gasteiger partial charge < -0.3 is 5.73 Å². The van der Waals surface area contributed by atoms with Gasteiger partial charge in [0.25, 0.3) is 0 Å². The molecule has 0 aromatic heterocycles. The molecular formula is C11H13Cl3FN. The van der Waals surface area contributed by atoms with Gasteiger partial charge in [-0.1, -0.05) is 29.6 Å². The van der Waals surface area contributed by atoms with E-state index in [1.165, 1.54) is 12.1 Å². The lowest BCUT2D eigenvalue weighted by atomic mass is 9.77. The highest BCUT2D eigenvalue weighted by Crippen LogP contribution is 2.41. The monoisotopic (exact) mass is 283 g/mol. The highest BCUT2D eigenvalue weighted by Gasteiger charge is 2.29. The number of benzene rings is 1. The summed E-state index contributed by atoms with van der Waals surface area (Å²) in [7, 11) is 0. The van der Waals surface area contributed by atoms with Crippen molar-refractivity contribution in [2.45, 2.75) is 25.3 Å². The van der Waals surface area contributed by atoms with Crippen LogP contribution in [0.3, 0.4) is 0 Å². The molecule has 1 aromatic rings. The predicted octanol–water partition coefficient (Wildman–Crippen LogP) is 4.35. The minimum Gasteiger partial charge on any atom is -0.324 e. The third-order valence-electron chi connectivity index (χ3n) is 3.07. The van der Waals surface area contributed by atoms with Gasteiger partial charge in [0.2, 0.25) is 0 Å². The van der Waals surface area contributed by atoms with Crippen molar-refractivity contribution >= 4 is 35.6 Å². The van der Waals surface area contributed by atoms with Gasteiger partial charge in [-0.05, 0) is 30.9 Å². The van der Waals surface area contributed by atoms with E-state index in [4.69, 9.17) is 28.9 Å². The average Bonchev–Trinajstić information content (AvgIpc) is 2.09. The van der Waals surface area contributed by atoms with Gasteiger partial charge in [-0.15, -0.1) is 12.4 Å². The summed E-state index contributed by atoms with van der Waals surface area (Å²) in [6.45, 7) is 0. The molecule has 0 unspecified atom stereocenters. The summed E-state index contributed by atoms with van der Waals surface area (Å²) >= 11 is 11.8. The topological polar surface area (TPSA) is 26.0 Å². The van der Waals surface area contributed by atoms with Crippen LogP contribution in [0, 0.1) is 11.7 Å². The summed E-state index contributed by atoms with van der Waals surface area (Å²) in [5.41, 5.74) is 6.36. The zero-order valence-corrected chi connectivity index (χ0v) is 10.9. The first-order valence-corrected chi connectivity index (χ1v) is 5.76. The van der Waals surface area contributed by atoms with E-state index in [1.54, 1.807) is 0 Å². The summed E-state index contributed by atoms with van der Waals surface area (Å²) in [5.74, 6) is -0.0146. The quantitative estimate of drug-likeness (QED) is 0.803. The first-order valence-electron chi connectivity index (χ1n) is 5.00. The van der Waals surface area contributed by atoms with Crippen molar-refractivity contribution in [3.63, 3.8) is 0 Å². The number of nitrogens with two attached hydrogens (primary N) is 1. The van der Waals surface area contributed by atoms with Gasteiger partial charge in [-0.2, -0.15) is 0 Å². The predicted molar refractivity (Wildman–Crippen MR) is 67.9 cm³/mol. The standard InChI is InChI=1S/C11H12Cl2FN.ClH/c12-7-4-5-8(14)9(10(7)13)11(15)6-2-1-3-6;/h4-6,11H,1-3,15H2;1H/t11-;/m0./s1. The van der Waals surface area contributed by atoms with Crippen LogP contribution in [0.25, 0.3) is 0 Å². The molecule has 1 aromatic carbocycles. The summed E-state index contributed by atoms with van der Waals surface area (Å²) in [6, 6.07) is 2.45. The Morgan fingerprint density at radius 3 is 2.44 bits per heavy atom. The van der Waals surface area contributed by atoms with Crippen LogP contribution in [0.5, 0.6) is 0 Å². The molecule has 1 fully saturated rings. The number of halogens is 4. The molecule has 16 heavy (non-hydrogen) atoms. The molecule has 2 N–H and O–H groups in total. The Bertz CT molecular complexity index is 380. The van der Waals surface area contributed by atoms with Crippen molar-refractivity contribution in [3.8, 4) is 0 Å². The normalized spacial score (nSPS) is 17.5. The summed E-state index contributed by atoms with van der Waals surface area (Å²) < 4.78 is 13.6. The Labute approximate surface area is 111 Å². The molecule has 0 heterocycles. The molecular weight excluding hydrogens is 271 g/mol. The van der Waals surface area contributed by atoms with Crippen LogP contribution >= 0.6 is 35.6 Å². The average molecular weight is 285 g/mol. The fourth-order valence-electron chi connectivity index (χ4n) is 1.88. The van der Waals surface area contributed by atoms with Crippen LogP contribution in [0.1, 0.15) is 30.9 Å². The summed E-state index contributed by atoms with van der Waals surface area (Å²) in [5, 5.41) is 0.624. The first kappa shape index (κ1) is 14.0. The van der Waals surface area contributed by atoms with Crippen LogP contribution in [-0.2, 0) is 0 Å². The van der Waals surface area contributed by atoms with E-state index in [2.05, 4.69) is 0 Å². The van der Waals surface area contributed by atoms with Crippen molar-refractivity contribution in [1.82, 2.24) is 0 Å². The van der Waals surface area contributed by atoms with E-state index in [1.807, 2.05) is 0 Å².